The normalized spacial score (nSPS) is 12.9. The monoisotopic (exact) mass is 276 g/mol. The number of hydrogen-bond acceptors (Lipinski definition) is 3. The molecule has 2 rings (SSSR count). The van der Waals surface area contributed by atoms with E-state index in [-0.39, 0.29) is 5.76 Å². The summed E-state index contributed by atoms with van der Waals surface area (Å²) in [6, 6.07) is 6.40. The Morgan fingerprint density at radius 1 is 1.30 bits per heavy atom. The van der Waals surface area contributed by atoms with Gasteiger partial charge in [0.05, 0.1) is 5.52 Å². The summed E-state index contributed by atoms with van der Waals surface area (Å²) in [4.78, 5) is 11.7. The second kappa shape index (κ2) is 6.75. The van der Waals surface area contributed by atoms with Gasteiger partial charge in [-0.25, -0.2) is 4.79 Å². The van der Waals surface area contributed by atoms with Crippen molar-refractivity contribution in [3.63, 3.8) is 0 Å². The maximum Gasteiger partial charge on any atom is 0.419 e. The van der Waals surface area contributed by atoms with E-state index in [4.69, 9.17) is 4.42 Å². The highest BCUT2D eigenvalue weighted by Gasteiger charge is 2.13. The summed E-state index contributed by atoms with van der Waals surface area (Å²) in [7, 11) is 1.98. The van der Waals surface area contributed by atoms with Crippen LogP contribution in [-0.4, -0.2) is 11.6 Å². The Morgan fingerprint density at radius 3 is 2.75 bits per heavy atom. The molecule has 1 N–H and O–H groups in total. The lowest BCUT2D eigenvalue weighted by Crippen LogP contribution is -2.16. The lowest BCUT2D eigenvalue weighted by molar-refractivity contribution is 0.504. The molecule has 0 spiro atoms. The standard InChI is InChI=1S/C16H24N2O2/c1-4-6-7-8-13(17-3)12-9-10-14-15(11-12)20-16(19)18(14)5-2/h9-11,13,17H,4-8H2,1-3H3. The van der Waals surface area contributed by atoms with Crippen LogP contribution in [0.4, 0.5) is 0 Å². The van der Waals surface area contributed by atoms with Gasteiger partial charge in [-0.1, -0.05) is 32.3 Å². The lowest BCUT2D eigenvalue weighted by Gasteiger charge is -2.16. The minimum absolute atomic E-state index is 0.272. The Morgan fingerprint density at radius 2 is 2.10 bits per heavy atom. The highest BCUT2D eigenvalue weighted by molar-refractivity contribution is 5.73. The zero-order chi connectivity index (χ0) is 14.5. The molecule has 1 aromatic heterocycles. The number of rotatable bonds is 7. The summed E-state index contributed by atoms with van der Waals surface area (Å²) in [5.74, 6) is -0.272. The second-order valence-corrected chi connectivity index (χ2v) is 5.18. The molecule has 1 heterocycles. The minimum Gasteiger partial charge on any atom is -0.408 e. The van der Waals surface area contributed by atoms with Crippen LogP contribution in [0.2, 0.25) is 0 Å². The summed E-state index contributed by atoms with van der Waals surface area (Å²) in [6.07, 6.45) is 4.79. The summed E-state index contributed by atoms with van der Waals surface area (Å²) in [6.45, 7) is 4.80. The molecule has 20 heavy (non-hydrogen) atoms. The summed E-state index contributed by atoms with van der Waals surface area (Å²) >= 11 is 0. The molecule has 0 saturated heterocycles. The van der Waals surface area contributed by atoms with Crippen molar-refractivity contribution in [3.05, 3.63) is 34.3 Å². The maximum absolute atomic E-state index is 11.7. The quantitative estimate of drug-likeness (QED) is 0.788. The van der Waals surface area contributed by atoms with Gasteiger partial charge < -0.3 is 9.73 Å². The highest BCUT2D eigenvalue weighted by Crippen LogP contribution is 2.23. The fraction of sp³-hybridized carbons (Fsp3) is 0.562. The first-order valence-electron chi connectivity index (χ1n) is 7.51. The number of hydrogen-bond donors (Lipinski definition) is 1. The Kier molecular flexibility index (Phi) is 5.01. The predicted octanol–water partition coefficient (Wildman–Crippen LogP) is 3.46. The number of nitrogens with one attached hydrogen (secondary N) is 1. The molecule has 1 aromatic carbocycles. The molecule has 0 aliphatic carbocycles. The van der Waals surface area contributed by atoms with Crippen LogP contribution >= 0.6 is 0 Å². The van der Waals surface area contributed by atoms with Gasteiger partial charge in [-0.05, 0) is 38.1 Å². The molecule has 110 valence electrons. The summed E-state index contributed by atoms with van der Waals surface area (Å²) < 4.78 is 6.99. The van der Waals surface area contributed by atoms with Crippen molar-refractivity contribution in [2.24, 2.45) is 0 Å². The molecule has 0 bridgehead atoms. The smallest absolute Gasteiger partial charge is 0.408 e. The van der Waals surface area contributed by atoms with Crippen molar-refractivity contribution in [2.75, 3.05) is 7.05 Å². The van der Waals surface area contributed by atoms with E-state index in [0.717, 1.165) is 11.9 Å². The molecule has 0 saturated carbocycles. The number of oxazole rings is 1. The third kappa shape index (κ3) is 2.96. The first kappa shape index (κ1) is 14.9. The zero-order valence-corrected chi connectivity index (χ0v) is 12.6. The SMILES string of the molecule is CCCCCC(NC)c1ccc2c(c1)oc(=O)n2CC. The van der Waals surface area contributed by atoms with Gasteiger partial charge in [0.2, 0.25) is 0 Å². The number of fused-ring (bicyclic) bond motifs is 1. The first-order chi connectivity index (χ1) is 9.71. The molecule has 1 unspecified atom stereocenters. The molecule has 0 fully saturated rings. The van der Waals surface area contributed by atoms with Crippen LogP contribution in [0.1, 0.15) is 51.1 Å². The third-order valence-electron chi connectivity index (χ3n) is 3.86. The summed E-state index contributed by atoms with van der Waals surface area (Å²) in [5, 5.41) is 3.35. The number of benzene rings is 1. The lowest BCUT2D eigenvalue weighted by atomic mass is 10.0. The molecule has 2 aromatic rings. The van der Waals surface area contributed by atoms with E-state index in [1.165, 1.54) is 24.8 Å². The molecule has 4 nitrogen and oxygen atoms in total. The fourth-order valence-corrected chi connectivity index (χ4v) is 2.68. The van der Waals surface area contributed by atoms with Crippen LogP contribution in [0.3, 0.4) is 0 Å². The van der Waals surface area contributed by atoms with Gasteiger partial charge in [-0.15, -0.1) is 0 Å². The van der Waals surface area contributed by atoms with Crippen LogP contribution in [0.5, 0.6) is 0 Å². The second-order valence-electron chi connectivity index (χ2n) is 5.18. The van der Waals surface area contributed by atoms with Crippen molar-refractivity contribution in [3.8, 4) is 0 Å². The van der Waals surface area contributed by atoms with E-state index in [2.05, 4.69) is 18.3 Å². The Balaban J connectivity index is 2.28. The van der Waals surface area contributed by atoms with Gasteiger partial charge in [0.15, 0.2) is 5.58 Å². The highest BCUT2D eigenvalue weighted by atomic mass is 16.4. The van der Waals surface area contributed by atoms with Crippen LogP contribution in [-0.2, 0) is 6.54 Å². The molecule has 0 radical (unpaired) electrons. The first-order valence-corrected chi connectivity index (χ1v) is 7.51. The van der Waals surface area contributed by atoms with Gasteiger partial charge in [-0.3, -0.25) is 4.57 Å². The molecular weight excluding hydrogens is 252 g/mol. The van der Waals surface area contributed by atoms with Crippen molar-refractivity contribution >= 4 is 11.1 Å². The van der Waals surface area contributed by atoms with Gasteiger partial charge in [0, 0.05) is 12.6 Å². The average molecular weight is 276 g/mol. The van der Waals surface area contributed by atoms with Crippen LogP contribution in [0, 0.1) is 0 Å². The number of nitrogens with zero attached hydrogens (tertiary/aromatic N) is 1. The van der Waals surface area contributed by atoms with Gasteiger partial charge >= 0.3 is 5.76 Å². The topological polar surface area (TPSA) is 47.2 Å². The number of aromatic nitrogens is 1. The minimum atomic E-state index is -0.272. The molecule has 0 aliphatic heterocycles. The molecule has 0 amide bonds. The number of aryl methyl sites for hydroxylation is 1. The summed E-state index contributed by atoms with van der Waals surface area (Å²) in [5.41, 5.74) is 2.75. The van der Waals surface area contributed by atoms with Crippen LogP contribution in [0.15, 0.2) is 27.4 Å². The van der Waals surface area contributed by atoms with Crippen LogP contribution < -0.4 is 11.1 Å². The van der Waals surface area contributed by atoms with E-state index in [0.29, 0.717) is 18.2 Å². The zero-order valence-electron chi connectivity index (χ0n) is 12.6. The number of unbranched alkanes of at least 4 members (excludes halogenated alkanes) is 2. The van der Waals surface area contributed by atoms with E-state index < -0.39 is 0 Å². The van der Waals surface area contributed by atoms with E-state index in [9.17, 15) is 4.79 Å². The van der Waals surface area contributed by atoms with Gasteiger partial charge in [0.25, 0.3) is 0 Å². The van der Waals surface area contributed by atoms with E-state index in [1.54, 1.807) is 4.57 Å². The molecular formula is C16H24N2O2. The molecule has 0 aliphatic rings. The van der Waals surface area contributed by atoms with Crippen LogP contribution in [0.25, 0.3) is 11.1 Å². The van der Waals surface area contributed by atoms with Gasteiger partial charge in [-0.2, -0.15) is 0 Å². The van der Waals surface area contributed by atoms with Gasteiger partial charge in [0.1, 0.15) is 0 Å². The molecule has 4 heteroatoms. The van der Waals surface area contributed by atoms with Crippen molar-refractivity contribution in [1.82, 2.24) is 9.88 Å². The largest absolute Gasteiger partial charge is 0.419 e. The Bertz CT molecular complexity index is 612. The third-order valence-corrected chi connectivity index (χ3v) is 3.86. The Hall–Kier alpha value is -1.55. The van der Waals surface area contributed by atoms with Crippen molar-refractivity contribution in [1.29, 1.82) is 0 Å². The van der Waals surface area contributed by atoms with Crippen molar-refractivity contribution in [2.45, 2.75) is 52.1 Å². The maximum atomic E-state index is 11.7. The predicted molar refractivity (Wildman–Crippen MR) is 82.1 cm³/mol. The van der Waals surface area contributed by atoms with E-state index >= 15 is 0 Å². The fourth-order valence-electron chi connectivity index (χ4n) is 2.68. The average Bonchev–Trinajstić information content (AvgIpc) is 2.77. The van der Waals surface area contributed by atoms with E-state index in [1.807, 2.05) is 26.1 Å². The molecule has 1 atom stereocenters. The van der Waals surface area contributed by atoms with Crippen molar-refractivity contribution < 1.29 is 4.42 Å². The Labute approximate surface area is 119 Å².